The first-order valence-electron chi connectivity index (χ1n) is 12.4. The first-order valence-corrected chi connectivity index (χ1v) is 12.4. The number of aryl methyl sites for hydroxylation is 2. The van der Waals surface area contributed by atoms with Gasteiger partial charge in [0.2, 0.25) is 11.8 Å². The Labute approximate surface area is 216 Å². The molecule has 0 saturated carbocycles. The summed E-state index contributed by atoms with van der Waals surface area (Å²) in [5.74, 6) is -0.314. The van der Waals surface area contributed by atoms with Gasteiger partial charge in [-0.05, 0) is 52.0 Å². The number of anilines is 1. The zero-order valence-electron chi connectivity index (χ0n) is 21.5. The van der Waals surface area contributed by atoms with Gasteiger partial charge in [-0.2, -0.15) is 10.2 Å². The number of nitrogens with one attached hydrogen (secondary N) is 2. The van der Waals surface area contributed by atoms with E-state index < -0.39 is 6.04 Å². The number of para-hydroxylation sites is 2. The molecule has 1 atom stereocenters. The highest BCUT2D eigenvalue weighted by Crippen LogP contribution is 2.30. The van der Waals surface area contributed by atoms with E-state index in [1.54, 1.807) is 0 Å². The van der Waals surface area contributed by atoms with Gasteiger partial charge in [0, 0.05) is 24.3 Å². The lowest BCUT2D eigenvalue weighted by Gasteiger charge is -2.34. The summed E-state index contributed by atoms with van der Waals surface area (Å²) in [4.78, 5) is 28.3. The minimum Gasteiger partial charge on any atom is -0.353 e. The van der Waals surface area contributed by atoms with E-state index in [4.69, 9.17) is 5.10 Å². The third kappa shape index (κ3) is 4.65. The van der Waals surface area contributed by atoms with Crippen LogP contribution in [-0.2, 0) is 9.59 Å². The van der Waals surface area contributed by atoms with Crippen molar-refractivity contribution in [3.8, 4) is 11.4 Å². The molecule has 2 N–H and O–H groups in total. The van der Waals surface area contributed by atoms with Crippen LogP contribution in [0.4, 0.5) is 5.69 Å². The lowest BCUT2D eigenvalue weighted by molar-refractivity contribution is -0.130. The fourth-order valence-corrected chi connectivity index (χ4v) is 5.08. The van der Waals surface area contributed by atoms with Gasteiger partial charge in [0.05, 0.1) is 40.7 Å². The van der Waals surface area contributed by atoms with Crippen molar-refractivity contribution < 1.29 is 9.59 Å². The molecule has 2 aromatic heterocycles. The second kappa shape index (κ2) is 10.0. The van der Waals surface area contributed by atoms with Crippen LogP contribution in [0.3, 0.4) is 0 Å². The summed E-state index contributed by atoms with van der Waals surface area (Å²) in [6.07, 6.45) is 0. The van der Waals surface area contributed by atoms with Gasteiger partial charge in [-0.3, -0.25) is 14.5 Å². The Kier molecular flexibility index (Phi) is 6.62. The summed E-state index contributed by atoms with van der Waals surface area (Å²) < 4.78 is 3.68. The third-order valence-corrected chi connectivity index (χ3v) is 6.84. The lowest BCUT2D eigenvalue weighted by Crippen LogP contribution is -2.52. The van der Waals surface area contributed by atoms with Gasteiger partial charge in [-0.25, -0.2) is 9.36 Å². The molecule has 1 unspecified atom stereocenters. The van der Waals surface area contributed by atoms with Crippen LogP contribution in [0.1, 0.15) is 34.4 Å². The fourth-order valence-electron chi connectivity index (χ4n) is 5.08. The Balaban J connectivity index is 1.40. The maximum Gasteiger partial charge on any atom is 0.242 e. The van der Waals surface area contributed by atoms with Gasteiger partial charge in [0.1, 0.15) is 6.04 Å². The molecule has 37 heavy (non-hydrogen) atoms. The zero-order valence-corrected chi connectivity index (χ0v) is 21.5. The topological polar surface area (TPSA) is 97.1 Å². The summed E-state index contributed by atoms with van der Waals surface area (Å²) in [5, 5.41) is 15.4. The smallest absolute Gasteiger partial charge is 0.242 e. The molecule has 0 radical (unpaired) electrons. The van der Waals surface area contributed by atoms with Crippen molar-refractivity contribution in [2.75, 3.05) is 25.0 Å². The van der Waals surface area contributed by atoms with Crippen LogP contribution in [0, 0.1) is 27.7 Å². The van der Waals surface area contributed by atoms with Crippen molar-refractivity contribution in [1.82, 2.24) is 29.8 Å². The van der Waals surface area contributed by atoms with Gasteiger partial charge < -0.3 is 10.6 Å². The number of hydrogen-bond acceptors (Lipinski definition) is 5. The number of amides is 2. The number of hydrogen-bond donors (Lipinski definition) is 2. The van der Waals surface area contributed by atoms with Crippen molar-refractivity contribution in [3.63, 3.8) is 0 Å². The number of nitrogens with zero attached hydrogens (tertiary/aromatic N) is 5. The van der Waals surface area contributed by atoms with Crippen LogP contribution < -0.4 is 10.6 Å². The second-order valence-electron chi connectivity index (χ2n) is 9.34. The van der Waals surface area contributed by atoms with E-state index in [1.165, 1.54) is 0 Å². The standard InChI is InChI=1S/C28H31N7O2/c1-18-25(20(3)34(31-18)22-11-7-5-8-12-22)27-28(37)29-15-16-33(27)17-24(36)30-26-19(2)32-35(21(26)4)23-13-9-6-10-14-23/h5-14,27H,15-17H2,1-4H3,(H,29,37)(H,30,36). The molecular weight excluding hydrogens is 466 g/mol. The molecule has 3 heterocycles. The number of benzene rings is 2. The number of rotatable bonds is 6. The predicted octanol–water partition coefficient (Wildman–Crippen LogP) is 3.40. The number of aromatic nitrogens is 4. The summed E-state index contributed by atoms with van der Waals surface area (Å²) >= 11 is 0. The Bertz CT molecular complexity index is 1440. The third-order valence-electron chi connectivity index (χ3n) is 6.84. The molecule has 9 heteroatoms. The van der Waals surface area contributed by atoms with Crippen LogP contribution in [-0.4, -0.2) is 55.9 Å². The Morgan fingerprint density at radius 1 is 0.892 bits per heavy atom. The summed E-state index contributed by atoms with van der Waals surface area (Å²) in [5.41, 5.74) is 6.61. The van der Waals surface area contributed by atoms with Crippen LogP contribution in [0.5, 0.6) is 0 Å². The molecule has 1 aliphatic rings. The highest BCUT2D eigenvalue weighted by atomic mass is 16.2. The van der Waals surface area contributed by atoms with E-state index in [2.05, 4.69) is 15.7 Å². The van der Waals surface area contributed by atoms with Crippen molar-refractivity contribution in [3.05, 3.63) is 89.0 Å². The minimum atomic E-state index is -0.605. The molecule has 2 amide bonds. The maximum atomic E-state index is 13.3. The van der Waals surface area contributed by atoms with Crippen LogP contribution in [0.2, 0.25) is 0 Å². The molecule has 4 aromatic rings. The average Bonchev–Trinajstić information content (AvgIpc) is 3.35. The molecular formula is C28H31N7O2. The van der Waals surface area contributed by atoms with Crippen molar-refractivity contribution >= 4 is 17.5 Å². The van der Waals surface area contributed by atoms with E-state index in [0.29, 0.717) is 18.8 Å². The number of carbonyl (C=O) groups excluding carboxylic acids is 2. The summed E-state index contributed by atoms with van der Waals surface area (Å²) in [6, 6.07) is 19.0. The van der Waals surface area contributed by atoms with Crippen LogP contribution >= 0.6 is 0 Å². The number of piperazine rings is 1. The lowest BCUT2D eigenvalue weighted by atomic mass is 10.00. The number of carbonyl (C=O) groups is 2. The highest BCUT2D eigenvalue weighted by Gasteiger charge is 2.36. The first kappa shape index (κ1) is 24.5. The van der Waals surface area contributed by atoms with E-state index in [1.807, 2.05) is 103 Å². The minimum absolute atomic E-state index is 0.0723. The van der Waals surface area contributed by atoms with Gasteiger partial charge in [-0.1, -0.05) is 36.4 Å². The molecule has 5 rings (SSSR count). The van der Waals surface area contributed by atoms with E-state index in [-0.39, 0.29) is 18.4 Å². The Morgan fingerprint density at radius 3 is 2.08 bits per heavy atom. The molecule has 2 aromatic carbocycles. The first-order chi connectivity index (χ1) is 17.8. The van der Waals surface area contributed by atoms with Gasteiger partial charge in [0.25, 0.3) is 0 Å². The monoisotopic (exact) mass is 497 g/mol. The van der Waals surface area contributed by atoms with Crippen LogP contribution in [0.25, 0.3) is 11.4 Å². The predicted molar refractivity (Wildman–Crippen MR) is 142 cm³/mol. The van der Waals surface area contributed by atoms with Gasteiger partial charge in [-0.15, -0.1) is 0 Å². The van der Waals surface area contributed by atoms with Gasteiger partial charge >= 0.3 is 0 Å². The quantitative estimate of drug-likeness (QED) is 0.426. The average molecular weight is 498 g/mol. The van der Waals surface area contributed by atoms with E-state index in [9.17, 15) is 9.59 Å². The van der Waals surface area contributed by atoms with Crippen LogP contribution in [0.15, 0.2) is 60.7 Å². The Hall–Kier alpha value is -4.24. The van der Waals surface area contributed by atoms with Crippen molar-refractivity contribution in [2.24, 2.45) is 0 Å². The van der Waals surface area contributed by atoms with Gasteiger partial charge in [0.15, 0.2) is 0 Å². The SMILES string of the molecule is Cc1nn(-c2ccccc2)c(C)c1NC(=O)CN1CCNC(=O)C1c1c(C)nn(-c2ccccc2)c1C. The summed E-state index contributed by atoms with van der Waals surface area (Å²) in [6.45, 7) is 8.80. The molecule has 1 saturated heterocycles. The maximum absolute atomic E-state index is 13.3. The molecule has 1 fully saturated rings. The Morgan fingerprint density at radius 2 is 1.46 bits per heavy atom. The molecule has 0 aliphatic carbocycles. The molecule has 190 valence electrons. The molecule has 0 bridgehead atoms. The van der Waals surface area contributed by atoms with E-state index >= 15 is 0 Å². The van der Waals surface area contributed by atoms with E-state index in [0.717, 1.165) is 39.7 Å². The van der Waals surface area contributed by atoms with Crippen molar-refractivity contribution in [1.29, 1.82) is 0 Å². The highest BCUT2D eigenvalue weighted by molar-refractivity contribution is 5.94. The molecule has 1 aliphatic heterocycles. The normalized spacial score (nSPS) is 16.0. The second-order valence-corrected chi connectivity index (χ2v) is 9.34. The largest absolute Gasteiger partial charge is 0.353 e. The fraction of sp³-hybridized carbons (Fsp3) is 0.286. The zero-order chi connectivity index (χ0) is 26.1. The van der Waals surface area contributed by atoms with Crippen molar-refractivity contribution in [2.45, 2.75) is 33.7 Å². The summed E-state index contributed by atoms with van der Waals surface area (Å²) in [7, 11) is 0. The molecule has 9 nitrogen and oxygen atoms in total. The molecule has 0 spiro atoms.